The van der Waals surface area contributed by atoms with Crippen molar-refractivity contribution in [3.8, 4) is 0 Å². The average molecular weight is 501 g/mol. The Morgan fingerprint density at radius 1 is 1.05 bits per heavy atom. The van der Waals surface area contributed by atoms with Crippen LogP contribution in [0.1, 0.15) is 22.7 Å². The summed E-state index contributed by atoms with van der Waals surface area (Å²) in [6.07, 6.45) is -0.707. The van der Waals surface area contributed by atoms with Gasteiger partial charge in [-0.3, -0.25) is 4.79 Å². The number of nitrogens with two attached hydrogens (primary N) is 1. The zero-order valence-electron chi connectivity index (χ0n) is 20.0. The van der Waals surface area contributed by atoms with Crippen LogP contribution in [0, 0.1) is 11.7 Å². The van der Waals surface area contributed by atoms with Crippen molar-refractivity contribution < 1.29 is 23.5 Å². The standard InChI is InChI=1S/C28H25FN4O4/c1-36-26(34)22-24(30)37-25-21(23(31-32-25)17-7-3-2-4-8-17)28(22)19-9-5-6-10-20(19)33(27(28)35)15-16-11-13-18(29)14-12-16/h2-14,21,23,25,31-32H,15,30H2,1H3. The number of rotatable bonds is 4. The number of anilines is 1. The molecule has 6 rings (SSSR count). The molecule has 0 radical (unpaired) electrons. The van der Waals surface area contributed by atoms with Crippen molar-refractivity contribution in [2.75, 3.05) is 12.0 Å². The lowest BCUT2D eigenvalue weighted by atomic mass is 9.61. The first kappa shape index (κ1) is 23.2. The molecule has 0 aliphatic carbocycles. The minimum absolute atomic E-state index is 0.0262. The second kappa shape index (κ2) is 8.72. The van der Waals surface area contributed by atoms with Crippen LogP contribution in [0.15, 0.2) is 90.3 Å². The lowest BCUT2D eigenvalue weighted by Gasteiger charge is -2.43. The van der Waals surface area contributed by atoms with Gasteiger partial charge in [0.05, 0.1) is 25.6 Å². The third-order valence-corrected chi connectivity index (χ3v) is 7.47. The molecule has 3 aliphatic heterocycles. The van der Waals surface area contributed by atoms with E-state index in [-0.39, 0.29) is 29.7 Å². The van der Waals surface area contributed by atoms with Gasteiger partial charge in [-0.2, -0.15) is 0 Å². The van der Waals surface area contributed by atoms with E-state index >= 15 is 0 Å². The van der Waals surface area contributed by atoms with Crippen molar-refractivity contribution in [2.45, 2.75) is 24.2 Å². The summed E-state index contributed by atoms with van der Waals surface area (Å²) < 4.78 is 24.7. The molecular formula is C28H25FN4O4. The van der Waals surface area contributed by atoms with Crippen molar-refractivity contribution in [1.82, 2.24) is 10.9 Å². The number of hydrogen-bond donors (Lipinski definition) is 3. The molecule has 1 amide bonds. The van der Waals surface area contributed by atoms with Gasteiger partial charge in [0, 0.05) is 5.69 Å². The number of benzene rings is 3. The molecular weight excluding hydrogens is 475 g/mol. The first-order valence-electron chi connectivity index (χ1n) is 11.9. The molecule has 3 heterocycles. The number of carbonyl (C=O) groups excluding carboxylic acids is 2. The summed E-state index contributed by atoms with van der Waals surface area (Å²) in [5.41, 5.74) is 14.2. The fourth-order valence-electron chi connectivity index (χ4n) is 5.95. The number of nitrogens with one attached hydrogen (secondary N) is 2. The Morgan fingerprint density at radius 2 is 1.76 bits per heavy atom. The fourth-order valence-corrected chi connectivity index (χ4v) is 5.95. The highest BCUT2D eigenvalue weighted by atomic mass is 19.1. The van der Waals surface area contributed by atoms with Crippen molar-refractivity contribution in [3.05, 3.63) is 113 Å². The number of amides is 1. The summed E-state index contributed by atoms with van der Waals surface area (Å²) in [6.45, 7) is 0.182. The van der Waals surface area contributed by atoms with Crippen molar-refractivity contribution >= 4 is 17.6 Å². The van der Waals surface area contributed by atoms with Gasteiger partial charge in [0.1, 0.15) is 16.8 Å². The molecule has 37 heavy (non-hydrogen) atoms. The number of ether oxygens (including phenoxy) is 2. The van der Waals surface area contributed by atoms with E-state index in [1.807, 2.05) is 54.6 Å². The van der Waals surface area contributed by atoms with Crippen LogP contribution in [0.5, 0.6) is 0 Å². The maximum atomic E-state index is 14.7. The van der Waals surface area contributed by atoms with E-state index < -0.39 is 29.6 Å². The molecule has 4 atom stereocenters. The van der Waals surface area contributed by atoms with Gasteiger partial charge in [0.25, 0.3) is 0 Å². The predicted octanol–water partition coefficient (Wildman–Crippen LogP) is 2.78. The zero-order valence-corrected chi connectivity index (χ0v) is 20.0. The van der Waals surface area contributed by atoms with Gasteiger partial charge in [-0.15, -0.1) is 0 Å². The predicted molar refractivity (Wildman–Crippen MR) is 133 cm³/mol. The molecule has 0 saturated carbocycles. The van der Waals surface area contributed by atoms with Gasteiger partial charge in [0.2, 0.25) is 5.91 Å². The highest BCUT2D eigenvalue weighted by Crippen LogP contribution is 2.58. The minimum atomic E-state index is -1.51. The Labute approximate surface area is 212 Å². The first-order valence-corrected chi connectivity index (χ1v) is 11.9. The lowest BCUT2D eigenvalue weighted by molar-refractivity contribution is -0.142. The van der Waals surface area contributed by atoms with Crippen LogP contribution in [0.25, 0.3) is 0 Å². The van der Waals surface area contributed by atoms with Gasteiger partial charge in [-0.25, -0.2) is 20.0 Å². The van der Waals surface area contributed by atoms with Gasteiger partial charge in [-0.05, 0) is 34.9 Å². The van der Waals surface area contributed by atoms with E-state index in [1.54, 1.807) is 17.0 Å². The van der Waals surface area contributed by atoms with E-state index in [2.05, 4.69) is 10.9 Å². The number of hydrazine groups is 1. The maximum absolute atomic E-state index is 14.7. The summed E-state index contributed by atoms with van der Waals surface area (Å²) in [6, 6.07) is 22.6. The minimum Gasteiger partial charge on any atom is -0.465 e. The van der Waals surface area contributed by atoms with Crippen molar-refractivity contribution in [3.63, 3.8) is 0 Å². The Bertz CT molecular complexity index is 1410. The van der Waals surface area contributed by atoms with E-state index in [0.29, 0.717) is 11.3 Å². The van der Waals surface area contributed by atoms with Crippen LogP contribution in [-0.4, -0.2) is 25.2 Å². The summed E-state index contributed by atoms with van der Waals surface area (Å²) >= 11 is 0. The molecule has 3 aliphatic rings. The maximum Gasteiger partial charge on any atom is 0.340 e. The Hall–Kier alpha value is -4.21. The van der Waals surface area contributed by atoms with Crippen LogP contribution in [-0.2, 0) is 31.0 Å². The first-order chi connectivity index (χ1) is 18.0. The molecule has 8 nitrogen and oxygen atoms in total. The molecule has 0 aromatic heterocycles. The molecule has 3 aromatic rings. The number of nitrogens with zero attached hydrogens (tertiary/aromatic N) is 1. The quantitative estimate of drug-likeness (QED) is 0.473. The fraction of sp³-hybridized carbons (Fsp3) is 0.214. The molecule has 0 bridgehead atoms. The second-order valence-corrected chi connectivity index (χ2v) is 9.32. The Balaban J connectivity index is 1.59. The normalized spacial score (nSPS) is 26.2. The van der Waals surface area contributed by atoms with E-state index in [0.717, 1.165) is 11.1 Å². The van der Waals surface area contributed by atoms with Gasteiger partial charge < -0.3 is 20.1 Å². The van der Waals surface area contributed by atoms with Crippen LogP contribution in [0.3, 0.4) is 0 Å². The molecule has 188 valence electrons. The SMILES string of the molecule is COC(=O)C1=C(N)OC2NNC(c3ccccc3)C2C12C(=O)N(Cc1ccc(F)cc1)c1ccccc12. The summed E-state index contributed by atoms with van der Waals surface area (Å²) in [5, 5.41) is 0. The number of methoxy groups -OCH3 is 1. The van der Waals surface area contributed by atoms with Crippen LogP contribution in [0.2, 0.25) is 0 Å². The monoisotopic (exact) mass is 500 g/mol. The Morgan fingerprint density at radius 3 is 2.49 bits per heavy atom. The van der Waals surface area contributed by atoms with Crippen LogP contribution >= 0.6 is 0 Å². The van der Waals surface area contributed by atoms with E-state index in [1.165, 1.54) is 19.2 Å². The largest absolute Gasteiger partial charge is 0.465 e. The van der Waals surface area contributed by atoms with Crippen molar-refractivity contribution in [2.24, 2.45) is 11.7 Å². The number of carbonyl (C=O) groups is 2. The molecule has 4 N–H and O–H groups in total. The van der Waals surface area contributed by atoms with Crippen LogP contribution in [0.4, 0.5) is 10.1 Å². The summed E-state index contributed by atoms with van der Waals surface area (Å²) in [5.74, 6) is -2.18. The van der Waals surface area contributed by atoms with Gasteiger partial charge >= 0.3 is 5.97 Å². The van der Waals surface area contributed by atoms with E-state index in [9.17, 15) is 14.0 Å². The number of hydrogen-bond acceptors (Lipinski definition) is 7. The topological polar surface area (TPSA) is 106 Å². The average Bonchev–Trinajstić information content (AvgIpc) is 3.44. The Kier molecular flexibility index (Phi) is 5.47. The third-order valence-electron chi connectivity index (χ3n) is 7.47. The summed E-state index contributed by atoms with van der Waals surface area (Å²) in [4.78, 5) is 29.7. The highest BCUT2D eigenvalue weighted by Gasteiger charge is 2.68. The summed E-state index contributed by atoms with van der Waals surface area (Å²) in [7, 11) is 1.25. The number of esters is 1. The molecule has 1 fully saturated rings. The molecule has 9 heteroatoms. The lowest BCUT2D eigenvalue weighted by Crippen LogP contribution is -2.57. The van der Waals surface area contributed by atoms with Gasteiger partial charge in [-0.1, -0.05) is 60.7 Å². The van der Waals surface area contributed by atoms with Crippen molar-refractivity contribution in [1.29, 1.82) is 0 Å². The van der Waals surface area contributed by atoms with E-state index in [4.69, 9.17) is 15.2 Å². The molecule has 3 aromatic carbocycles. The third kappa shape index (κ3) is 3.35. The number of para-hydroxylation sites is 1. The number of fused-ring (bicyclic) bond motifs is 4. The highest BCUT2D eigenvalue weighted by molar-refractivity contribution is 6.16. The second-order valence-electron chi connectivity index (χ2n) is 9.32. The van der Waals surface area contributed by atoms with Crippen LogP contribution < -0.4 is 21.5 Å². The molecule has 4 unspecified atom stereocenters. The van der Waals surface area contributed by atoms with Gasteiger partial charge in [0.15, 0.2) is 12.1 Å². The molecule has 1 spiro atoms. The smallest absolute Gasteiger partial charge is 0.340 e. The molecule has 1 saturated heterocycles. The zero-order chi connectivity index (χ0) is 25.7. The number of halogens is 1.